The highest BCUT2D eigenvalue weighted by Gasteiger charge is 2.24. The van der Waals surface area contributed by atoms with Crippen LogP contribution in [0.2, 0.25) is 0 Å². The summed E-state index contributed by atoms with van der Waals surface area (Å²) in [6.45, 7) is 1.19. The van der Waals surface area contributed by atoms with Crippen LogP contribution in [-0.4, -0.2) is 40.5 Å². The molecule has 0 saturated carbocycles. The Balaban J connectivity index is 2.20. The SMILES string of the molecule is CSc1nccc(N2CCCC2CO)n1. The molecule has 82 valence electrons. The van der Waals surface area contributed by atoms with Gasteiger partial charge in [0.2, 0.25) is 0 Å². The van der Waals surface area contributed by atoms with E-state index in [9.17, 15) is 5.11 Å². The largest absolute Gasteiger partial charge is 0.394 e. The van der Waals surface area contributed by atoms with E-state index in [0.717, 1.165) is 30.4 Å². The summed E-state index contributed by atoms with van der Waals surface area (Å²) in [5.74, 6) is 0.936. The highest BCUT2D eigenvalue weighted by molar-refractivity contribution is 7.98. The van der Waals surface area contributed by atoms with E-state index in [4.69, 9.17) is 0 Å². The van der Waals surface area contributed by atoms with Gasteiger partial charge in [0.1, 0.15) is 5.82 Å². The Hall–Kier alpha value is -0.810. The van der Waals surface area contributed by atoms with Crippen LogP contribution < -0.4 is 4.90 Å². The summed E-state index contributed by atoms with van der Waals surface area (Å²) in [5.41, 5.74) is 0. The topological polar surface area (TPSA) is 49.2 Å². The highest BCUT2D eigenvalue weighted by Crippen LogP contribution is 2.24. The van der Waals surface area contributed by atoms with Crippen molar-refractivity contribution in [1.82, 2.24) is 9.97 Å². The number of aromatic nitrogens is 2. The van der Waals surface area contributed by atoms with Crippen molar-refractivity contribution in [3.63, 3.8) is 0 Å². The zero-order valence-electron chi connectivity index (χ0n) is 8.76. The molecule has 1 atom stereocenters. The predicted molar refractivity (Wildman–Crippen MR) is 61.3 cm³/mol. The maximum atomic E-state index is 9.23. The molecular weight excluding hydrogens is 210 g/mol. The molecule has 1 fully saturated rings. The van der Waals surface area contributed by atoms with Gasteiger partial charge in [0.05, 0.1) is 12.6 Å². The summed E-state index contributed by atoms with van der Waals surface area (Å²) < 4.78 is 0. The summed E-state index contributed by atoms with van der Waals surface area (Å²) in [6, 6.07) is 2.14. The first-order chi connectivity index (χ1) is 7.35. The number of hydrogen-bond acceptors (Lipinski definition) is 5. The van der Waals surface area contributed by atoms with E-state index in [2.05, 4.69) is 14.9 Å². The number of aliphatic hydroxyl groups is 1. The Labute approximate surface area is 93.7 Å². The molecule has 1 aliphatic heterocycles. The zero-order valence-corrected chi connectivity index (χ0v) is 9.57. The molecule has 1 aliphatic rings. The molecule has 0 amide bonds. The fourth-order valence-corrected chi connectivity index (χ4v) is 2.27. The Morgan fingerprint density at radius 3 is 3.27 bits per heavy atom. The van der Waals surface area contributed by atoms with Crippen LogP contribution in [0.3, 0.4) is 0 Å². The highest BCUT2D eigenvalue weighted by atomic mass is 32.2. The Morgan fingerprint density at radius 1 is 1.67 bits per heavy atom. The average molecular weight is 225 g/mol. The van der Waals surface area contributed by atoms with Gasteiger partial charge in [0.25, 0.3) is 0 Å². The average Bonchev–Trinajstić information content (AvgIpc) is 2.77. The number of aliphatic hydroxyl groups excluding tert-OH is 1. The van der Waals surface area contributed by atoms with Gasteiger partial charge >= 0.3 is 0 Å². The summed E-state index contributed by atoms with van der Waals surface area (Å²) in [5, 5.41) is 10.0. The summed E-state index contributed by atoms with van der Waals surface area (Å²) in [6.07, 6.45) is 5.92. The van der Waals surface area contributed by atoms with Gasteiger partial charge in [0.15, 0.2) is 5.16 Å². The van der Waals surface area contributed by atoms with Crippen LogP contribution in [0.25, 0.3) is 0 Å². The zero-order chi connectivity index (χ0) is 10.7. The molecular formula is C10H15N3OS. The first-order valence-corrected chi connectivity index (χ1v) is 6.32. The van der Waals surface area contributed by atoms with E-state index < -0.39 is 0 Å². The van der Waals surface area contributed by atoms with E-state index in [1.165, 1.54) is 11.8 Å². The maximum absolute atomic E-state index is 9.23. The molecule has 1 aromatic rings. The van der Waals surface area contributed by atoms with Gasteiger partial charge in [-0.25, -0.2) is 9.97 Å². The molecule has 15 heavy (non-hydrogen) atoms. The van der Waals surface area contributed by atoms with Crippen LogP contribution in [0.5, 0.6) is 0 Å². The molecule has 0 spiro atoms. The van der Waals surface area contributed by atoms with Crippen molar-refractivity contribution in [2.45, 2.75) is 24.0 Å². The minimum atomic E-state index is 0.207. The van der Waals surface area contributed by atoms with E-state index in [1.807, 2.05) is 12.3 Å². The number of hydrogen-bond donors (Lipinski definition) is 1. The first-order valence-electron chi connectivity index (χ1n) is 5.09. The van der Waals surface area contributed by atoms with Gasteiger partial charge < -0.3 is 10.0 Å². The maximum Gasteiger partial charge on any atom is 0.189 e. The fourth-order valence-electron chi connectivity index (χ4n) is 1.92. The minimum Gasteiger partial charge on any atom is -0.394 e. The molecule has 1 saturated heterocycles. The quantitative estimate of drug-likeness (QED) is 0.618. The lowest BCUT2D eigenvalue weighted by atomic mass is 10.2. The van der Waals surface area contributed by atoms with E-state index in [0.29, 0.717) is 0 Å². The number of anilines is 1. The van der Waals surface area contributed by atoms with Crippen LogP contribution in [-0.2, 0) is 0 Å². The number of nitrogens with zero attached hydrogens (tertiary/aromatic N) is 3. The Morgan fingerprint density at radius 2 is 2.53 bits per heavy atom. The molecule has 0 aromatic carbocycles. The van der Waals surface area contributed by atoms with E-state index >= 15 is 0 Å². The van der Waals surface area contributed by atoms with Crippen molar-refractivity contribution in [3.8, 4) is 0 Å². The minimum absolute atomic E-state index is 0.207. The van der Waals surface area contributed by atoms with Crippen LogP contribution in [0.15, 0.2) is 17.4 Å². The van der Waals surface area contributed by atoms with Crippen molar-refractivity contribution in [2.24, 2.45) is 0 Å². The Kier molecular flexibility index (Phi) is 3.43. The molecule has 2 heterocycles. The summed E-state index contributed by atoms with van der Waals surface area (Å²) in [7, 11) is 0. The molecule has 1 aromatic heterocycles. The molecule has 0 aliphatic carbocycles. The molecule has 0 radical (unpaired) electrons. The monoisotopic (exact) mass is 225 g/mol. The lowest BCUT2D eigenvalue weighted by molar-refractivity contribution is 0.266. The van der Waals surface area contributed by atoms with Gasteiger partial charge in [-0.15, -0.1) is 0 Å². The van der Waals surface area contributed by atoms with Crippen LogP contribution in [0.1, 0.15) is 12.8 Å². The van der Waals surface area contributed by atoms with Gasteiger partial charge in [0, 0.05) is 12.7 Å². The van der Waals surface area contributed by atoms with Crippen LogP contribution in [0, 0.1) is 0 Å². The number of thioether (sulfide) groups is 1. The van der Waals surface area contributed by atoms with Crippen molar-refractivity contribution in [2.75, 3.05) is 24.3 Å². The number of rotatable bonds is 3. The van der Waals surface area contributed by atoms with Crippen molar-refractivity contribution < 1.29 is 5.11 Å². The fraction of sp³-hybridized carbons (Fsp3) is 0.600. The first kappa shape index (κ1) is 10.7. The predicted octanol–water partition coefficient (Wildman–Crippen LogP) is 1.16. The summed E-state index contributed by atoms with van der Waals surface area (Å²) in [4.78, 5) is 10.7. The van der Waals surface area contributed by atoms with Gasteiger partial charge in [-0.3, -0.25) is 0 Å². The summed E-state index contributed by atoms with van der Waals surface area (Å²) >= 11 is 1.54. The van der Waals surface area contributed by atoms with Gasteiger partial charge in [-0.05, 0) is 25.2 Å². The third-order valence-electron chi connectivity index (χ3n) is 2.68. The third kappa shape index (κ3) is 2.23. The second-order valence-corrected chi connectivity index (χ2v) is 4.35. The van der Waals surface area contributed by atoms with Crippen LogP contribution in [0.4, 0.5) is 5.82 Å². The Bertz CT molecular complexity index is 334. The molecule has 5 heteroatoms. The smallest absolute Gasteiger partial charge is 0.189 e. The standard InChI is InChI=1S/C10H15N3OS/c1-15-10-11-5-4-9(12-10)13-6-2-3-8(13)7-14/h4-5,8,14H,2-3,6-7H2,1H3. The lowest BCUT2D eigenvalue weighted by Gasteiger charge is -2.23. The molecule has 2 rings (SSSR count). The molecule has 1 unspecified atom stereocenters. The molecule has 4 nitrogen and oxygen atoms in total. The second kappa shape index (κ2) is 4.81. The lowest BCUT2D eigenvalue weighted by Crippen LogP contribution is -2.32. The van der Waals surface area contributed by atoms with E-state index in [1.54, 1.807) is 6.20 Å². The molecule has 0 bridgehead atoms. The van der Waals surface area contributed by atoms with Crippen molar-refractivity contribution in [1.29, 1.82) is 0 Å². The van der Waals surface area contributed by atoms with Crippen molar-refractivity contribution in [3.05, 3.63) is 12.3 Å². The van der Waals surface area contributed by atoms with Gasteiger partial charge in [-0.1, -0.05) is 11.8 Å². The second-order valence-electron chi connectivity index (χ2n) is 3.57. The molecule has 1 N–H and O–H groups in total. The van der Waals surface area contributed by atoms with Crippen LogP contribution >= 0.6 is 11.8 Å². The van der Waals surface area contributed by atoms with E-state index in [-0.39, 0.29) is 12.6 Å². The normalized spacial score (nSPS) is 20.9. The third-order valence-corrected chi connectivity index (χ3v) is 3.25. The van der Waals surface area contributed by atoms with Crippen molar-refractivity contribution >= 4 is 17.6 Å². The van der Waals surface area contributed by atoms with Gasteiger partial charge in [-0.2, -0.15) is 0 Å².